The summed E-state index contributed by atoms with van der Waals surface area (Å²) in [5.41, 5.74) is 3.02. The SMILES string of the molecule is O=C(Nc1ccccc1)NC1Cc2ccccc2Sc2ccc(Cl)cc21. The molecule has 2 amide bonds. The zero-order valence-corrected chi connectivity index (χ0v) is 15.5. The Morgan fingerprint density at radius 3 is 2.58 bits per heavy atom. The third-order valence-electron chi connectivity index (χ3n) is 4.30. The van der Waals surface area contributed by atoms with Crippen molar-refractivity contribution in [2.45, 2.75) is 22.3 Å². The highest BCUT2D eigenvalue weighted by atomic mass is 35.5. The van der Waals surface area contributed by atoms with Gasteiger partial charge in [0, 0.05) is 20.5 Å². The predicted octanol–water partition coefficient (Wildman–Crippen LogP) is 5.91. The zero-order chi connectivity index (χ0) is 17.9. The first-order chi connectivity index (χ1) is 12.7. The summed E-state index contributed by atoms with van der Waals surface area (Å²) in [6.45, 7) is 0. The van der Waals surface area contributed by atoms with Crippen molar-refractivity contribution in [3.05, 3.63) is 88.9 Å². The minimum Gasteiger partial charge on any atom is -0.331 e. The minimum atomic E-state index is -0.225. The Labute approximate surface area is 161 Å². The molecule has 1 heterocycles. The molecule has 0 aliphatic carbocycles. The van der Waals surface area contributed by atoms with E-state index in [2.05, 4.69) is 22.8 Å². The van der Waals surface area contributed by atoms with Crippen LogP contribution >= 0.6 is 23.4 Å². The van der Waals surface area contributed by atoms with Crippen molar-refractivity contribution < 1.29 is 4.79 Å². The molecule has 0 spiro atoms. The van der Waals surface area contributed by atoms with Gasteiger partial charge in [-0.2, -0.15) is 0 Å². The van der Waals surface area contributed by atoms with Crippen molar-refractivity contribution in [1.29, 1.82) is 0 Å². The molecule has 1 aliphatic heterocycles. The summed E-state index contributed by atoms with van der Waals surface area (Å²) in [5.74, 6) is 0. The van der Waals surface area contributed by atoms with Gasteiger partial charge in [0.2, 0.25) is 0 Å². The van der Waals surface area contributed by atoms with Crippen molar-refractivity contribution in [3.63, 3.8) is 0 Å². The number of nitrogens with one attached hydrogen (secondary N) is 2. The van der Waals surface area contributed by atoms with E-state index in [1.807, 2.05) is 60.7 Å². The summed E-state index contributed by atoms with van der Waals surface area (Å²) >= 11 is 7.95. The number of urea groups is 1. The van der Waals surface area contributed by atoms with Gasteiger partial charge in [0.05, 0.1) is 6.04 Å². The van der Waals surface area contributed by atoms with E-state index in [0.29, 0.717) is 5.02 Å². The third kappa shape index (κ3) is 3.71. The Kier molecular flexibility index (Phi) is 4.87. The van der Waals surface area contributed by atoms with Crippen molar-refractivity contribution in [2.75, 3.05) is 5.32 Å². The summed E-state index contributed by atoms with van der Waals surface area (Å²) in [7, 11) is 0. The highest BCUT2D eigenvalue weighted by Gasteiger charge is 2.24. The summed E-state index contributed by atoms with van der Waals surface area (Å²) in [5, 5.41) is 6.67. The van der Waals surface area contributed by atoms with E-state index in [9.17, 15) is 4.79 Å². The van der Waals surface area contributed by atoms with Gasteiger partial charge in [-0.3, -0.25) is 0 Å². The molecule has 0 radical (unpaired) electrons. The number of hydrogen-bond acceptors (Lipinski definition) is 2. The van der Waals surface area contributed by atoms with Crippen LogP contribution in [0.4, 0.5) is 10.5 Å². The summed E-state index contributed by atoms with van der Waals surface area (Å²) in [6, 6.07) is 23.2. The third-order valence-corrected chi connectivity index (χ3v) is 5.75. The summed E-state index contributed by atoms with van der Waals surface area (Å²) in [4.78, 5) is 14.9. The number of hydrogen-bond donors (Lipinski definition) is 2. The van der Waals surface area contributed by atoms with Crippen LogP contribution in [0.2, 0.25) is 5.02 Å². The molecule has 1 unspecified atom stereocenters. The van der Waals surface area contributed by atoms with E-state index in [1.165, 1.54) is 10.5 Å². The fourth-order valence-electron chi connectivity index (χ4n) is 3.08. The van der Waals surface area contributed by atoms with Gasteiger partial charge in [0.1, 0.15) is 0 Å². The molecule has 3 aromatic carbocycles. The average Bonchev–Trinajstić information content (AvgIpc) is 2.79. The number of carbonyl (C=O) groups excluding carboxylic acids is 1. The first kappa shape index (κ1) is 17.0. The van der Waals surface area contributed by atoms with Gasteiger partial charge in [-0.15, -0.1) is 0 Å². The van der Waals surface area contributed by atoms with Crippen molar-refractivity contribution in [1.82, 2.24) is 5.32 Å². The quantitative estimate of drug-likeness (QED) is 0.580. The fourth-order valence-corrected chi connectivity index (χ4v) is 4.38. The maximum Gasteiger partial charge on any atom is 0.319 e. The van der Waals surface area contributed by atoms with Crippen LogP contribution in [0.25, 0.3) is 0 Å². The van der Waals surface area contributed by atoms with Gasteiger partial charge in [-0.05, 0) is 53.9 Å². The molecule has 4 rings (SSSR count). The van der Waals surface area contributed by atoms with E-state index < -0.39 is 0 Å². The smallest absolute Gasteiger partial charge is 0.319 e. The van der Waals surface area contributed by atoms with Crippen LogP contribution < -0.4 is 10.6 Å². The standard InChI is InChI=1S/C21H17ClN2OS/c22-15-10-11-20-17(13-15)18(12-14-6-4-5-9-19(14)26-20)24-21(25)23-16-7-2-1-3-8-16/h1-11,13,18H,12H2,(H2,23,24,25). The topological polar surface area (TPSA) is 41.1 Å². The Morgan fingerprint density at radius 2 is 1.73 bits per heavy atom. The van der Waals surface area contributed by atoms with E-state index >= 15 is 0 Å². The monoisotopic (exact) mass is 380 g/mol. The molecule has 1 atom stereocenters. The van der Waals surface area contributed by atoms with Crippen molar-refractivity contribution in [3.8, 4) is 0 Å². The van der Waals surface area contributed by atoms with E-state index in [1.54, 1.807) is 11.8 Å². The molecule has 2 N–H and O–H groups in total. The second-order valence-electron chi connectivity index (χ2n) is 6.11. The predicted molar refractivity (Wildman–Crippen MR) is 107 cm³/mol. The number of halogens is 1. The van der Waals surface area contributed by atoms with Gasteiger partial charge in [0.15, 0.2) is 0 Å². The molecule has 5 heteroatoms. The molecule has 0 bridgehead atoms. The lowest BCUT2D eigenvalue weighted by molar-refractivity contribution is 0.248. The van der Waals surface area contributed by atoms with Crippen LogP contribution in [-0.4, -0.2) is 6.03 Å². The van der Waals surface area contributed by atoms with Gasteiger partial charge in [-0.25, -0.2) is 4.79 Å². The zero-order valence-electron chi connectivity index (χ0n) is 13.9. The van der Waals surface area contributed by atoms with Crippen LogP contribution in [-0.2, 0) is 6.42 Å². The van der Waals surface area contributed by atoms with Crippen LogP contribution in [0.15, 0.2) is 82.6 Å². The maximum absolute atomic E-state index is 12.5. The number of benzene rings is 3. The Hall–Kier alpha value is -2.43. The van der Waals surface area contributed by atoms with Crippen LogP contribution in [0, 0.1) is 0 Å². The van der Waals surface area contributed by atoms with Gasteiger partial charge >= 0.3 is 6.03 Å². The highest BCUT2D eigenvalue weighted by molar-refractivity contribution is 7.99. The Bertz CT molecular complexity index is 946. The maximum atomic E-state index is 12.5. The van der Waals surface area contributed by atoms with Crippen LogP contribution in [0.5, 0.6) is 0 Å². The Morgan fingerprint density at radius 1 is 0.962 bits per heavy atom. The number of para-hydroxylation sites is 1. The lowest BCUT2D eigenvalue weighted by atomic mass is 9.99. The number of carbonyl (C=O) groups is 1. The molecule has 1 aliphatic rings. The molecule has 0 fully saturated rings. The highest BCUT2D eigenvalue weighted by Crippen LogP contribution is 2.41. The second-order valence-corrected chi connectivity index (χ2v) is 7.63. The molecule has 26 heavy (non-hydrogen) atoms. The Balaban J connectivity index is 1.63. The first-order valence-electron chi connectivity index (χ1n) is 8.37. The number of amides is 2. The average molecular weight is 381 g/mol. The van der Waals surface area contributed by atoms with E-state index in [0.717, 1.165) is 22.6 Å². The van der Waals surface area contributed by atoms with E-state index in [4.69, 9.17) is 11.6 Å². The normalized spacial score (nSPS) is 15.3. The lowest BCUT2D eigenvalue weighted by Gasteiger charge is -2.20. The first-order valence-corrected chi connectivity index (χ1v) is 9.56. The lowest BCUT2D eigenvalue weighted by Crippen LogP contribution is -2.33. The number of rotatable bonds is 2. The molecular weight excluding hydrogens is 364 g/mol. The molecule has 3 aromatic rings. The van der Waals surface area contributed by atoms with Crippen molar-refractivity contribution in [2.24, 2.45) is 0 Å². The number of anilines is 1. The van der Waals surface area contributed by atoms with Crippen molar-refractivity contribution >= 4 is 35.1 Å². The fraction of sp³-hybridized carbons (Fsp3) is 0.0952. The summed E-state index contributed by atoms with van der Waals surface area (Å²) < 4.78 is 0. The summed E-state index contributed by atoms with van der Waals surface area (Å²) in [6.07, 6.45) is 0.721. The molecule has 0 aromatic heterocycles. The molecule has 0 saturated heterocycles. The molecular formula is C21H17ClN2OS. The van der Waals surface area contributed by atoms with Crippen LogP contribution in [0.1, 0.15) is 17.2 Å². The molecule has 3 nitrogen and oxygen atoms in total. The molecule has 0 saturated carbocycles. The van der Waals surface area contributed by atoms with Crippen LogP contribution in [0.3, 0.4) is 0 Å². The largest absolute Gasteiger partial charge is 0.331 e. The van der Waals surface area contributed by atoms with E-state index in [-0.39, 0.29) is 12.1 Å². The number of fused-ring (bicyclic) bond motifs is 2. The second kappa shape index (κ2) is 7.44. The van der Waals surface area contributed by atoms with Gasteiger partial charge in [-0.1, -0.05) is 59.8 Å². The van der Waals surface area contributed by atoms with Gasteiger partial charge < -0.3 is 10.6 Å². The van der Waals surface area contributed by atoms with Gasteiger partial charge in [0.25, 0.3) is 0 Å². The molecule has 130 valence electrons. The minimum absolute atomic E-state index is 0.149.